The van der Waals surface area contributed by atoms with Crippen LogP contribution >= 0.6 is 11.8 Å². The summed E-state index contributed by atoms with van der Waals surface area (Å²) in [5.74, 6) is -0.904. The monoisotopic (exact) mass is 456 g/mol. The molecule has 0 aliphatic heterocycles. The van der Waals surface area contributed by atoms with Gasteiger partial charge in [0.15, 0.2) is 0 Å². The van der Waals surface area contributed by atoms with Crippen LogP contribution in [0.4, 0.5) is 4.79 Å². The minimum atomic E-state index is -1.07. The van der Waals surface area contributed by atoms with Crippen LogP contribution < -0.4 is 10.6 Å². The van der Waals surface area contributed by atoms with Crippen molar-refractivity contribution < 1.29 is 24.2 Å². The van der Waals surface area contributed by atoms with E-state index in [-0.39, 0.29) is 18.9 Å². The number of fused-ring (bicyclic) bond motifs is 3. The molecule has 1 aliphatic carbocycles. The number of hydrogen-bond donors (Lipinski definition) is 3. The lowest BCUT2D eigenvalue weighted by atomic mass is 9.98. The third-order valence-electron chi connectivity index (χ3n) is 5.44. The maximum atomic E-state index is 12.3. The molecule has 0 heterocycles. The molecule has 0 fully saturated rings. The minimum absolute atomic E-state index is 0.0345. The number of amides is 2. The lowest BCUT2D eigenvalue weighted by Gasteiger charge is -2.18. The zero-order chi connectivity index (χ0) is 23.1. The number of nitrogens with one attached hydrogen (secondary N) is 2. The fraction of sp³-hybridized carbons (Fsp3) is 0.375. The van der Waals surface area contributed by atoms with E-state index in [4.69, 9.17) is 4.74 Å². The van der Waals surface area contributed by atoms with Gasteiger partial charge >= 0.3 is 12.1 Å². The smallest absolute Gasteiger partial charge is 0.407 e. The molecule has 2 aromatic carbocycles. The quantitative estimate of drug-likeness (QED) is 0.504. The Balaban J connectivity index is 1.51. The number of benzene rings is 2. The molecular formula is C24H28N2O5S. The molecule has 3 N–H and O–H groups in total. The maximum absolute atomic E-state index is 12.3. The predicted molar refractivity (Wildman–Crippen MR) is 125 cm³/mol. The first kappa shape index (κ1) is 23.7. The summed E-state index contributed by atoms with van der Waals surface area (Å²) in [6, 6.07) is 14.7. The zero-order valence-corrected chi connectivity index (χ0v) is 19.0. The number of carboxylic acid groups (broad SMARTS) is 1. The number of aliphatic carboxylic acids is 1. The van der Waals surface area contributed by atoms with E-state index in [1.54, 1.807) is 6.92 Å². The van der Waals surface area contributed by atoms with E-state index in [0.29, 0.717) is 12.2 Å². The van der Waals surface area contributed by atoms with Gasteiger partial charge < -0.3 is 20.5 Å². The molecule has 2 atom stereocenters. The molecule has 0 radical (unpaired) electrons. The van der Waals surface area contributed by atoms with E-state index < -0.39 is 30.1 Å². The first-order valence-electron chi connectivity index (χ1n) is 10.5. The first-order valence-corrected chi connectivity index (χ1v) is 11.9. The van der Waals surface area contributed by atoms with Crippen molar-refractivity contribution in [1.82, 2.24) is 10.6 Å². The van der Waals surface area contributed by atoms with Crippen LogP contribution in [0.5, 0.6) is 0 Å². The fourth-order valence-electron chi connectivity index (χ4n) is 3.92. The molecule has 0 aromatic heterocycles. The molecule has 1 unspecified atom stereocenters. The number of alkyl carbamates (subject to hydrolysis) is 1. The number of thioether (sulfide) groups is 1. The third-order valence-corrected chi connectivity index (χ3v) is 6.09. The molecule has 0 saturated carbocycles. The van der Waals surface area contributed by atoms with Crippen molar-refractivity contribution in [2.24, 2.45) is 0 Å². The van der Waals surface area contributed by atoms with E-state index in [9.17, 15) is 19.5 Å². The molecule has 2 aromatic rings. The van der Waals surface area contributed by atoms with E-state index in [2.05, 4.69) is 22.8 Å². The second-order valence-electron chi connectivity index (χ2n) is 7.81. The van der Waals surface area contributed by atoms with Gasteiger partial charge in [0.2, 0.25) is 5.91 Å². The highest BCUT2D eigenvalue weighted by Crippen LogP contribution is 2.44. The first-order chi connectivity index (χ1) is 15.4. The Morgan fingerprint density at radius 2 is 1.62 bits per heavy atom. The zero-order valence-electron chi connectivity index (χ0n) is 18.2. The van der Waals surface area contributed by atoms with E-state index in [1.807, 2.05) is 42.7 Å². The Bertz CT molecular complexity index is 935. The number of carbonyl (C=O) groups excluding carboxylic acids is 2. The summed E-state index contributed by atoms with van der Waals surface area (Å²) in [6.07, 6.45) is 1.58. The van der Waals surface area contributed by atoms with Gasteiger partial charge in [-0.15, -0.1) is 0 Å². The standard InChI is InChI=1S/C24H28N2O5S/c1-15(13-22(27)26-21(23(28)29)11-12-32-2)25-24(30)31-14-20-18-9-5-3-7-16(18)17-8-4-6-10-19(17)20/h3-10,15,20-21H,11-14H2,1-2H3,(H,25,30)(H,26,27)(H,28,29)/t15?,21-/m0/s1. The Hall–Kier alpha value is -3.00. The van der Waals surface area contributed by atoms with Crippen LogP contribution in [0.15, 0.2) is 48.5 Å². The van der Waals surface area contributed by atoms with Gasteiger partial charge in [-0.25, -0.2) is 9.59 Å². The van der Waals surface area contributed by atoms with Crippen LogP contribution in [0.1, 0.15) is 36.8 Å². The van der Waals surface area contributed by atoms with Crippen LogP contribution in [0.3, 0.4) is 0 Å². The molecule has 32 heavy (non-hydrogen) atoms. The maximum Gasteiger partial charge on any atom is 0.407 e. The molecule has 0 bridgehead atoms. The molecule has 2 amide bonds. The Labute approximate surface area is 191 Å². The molecule has 0 saturated heterocycles. The molecule has 8 heteroatoms. The van der Waals surface area contributed by atoms with Crippen molar-refractivity contribution >= 4 is 29.7 Å². The highest BCUT2D eigenvalue weighted by Gasteiger charge is 2.29. The molecule has 3 rings (SSSR count). The summed E-state index contributed by atoms with van der Waals surface area (Å²) in [4.78, 5) is 35.8. The SMILES string of the molecule is CSCC[C@H](NC(=O)CC(C)NC(=O)OCC1c2ccccc2-c2ccccc21)C(=O)O. The molecular weight excluding hydrogens is 428 g/mol. The Morgan fingerprint density at radius 1 is 1.03 bits per heavy atom. The van der Waals surface area contributed by atoms with Gasteiger partial charge in [-0.05, 0) is 47.6 Å². The predicted octanol–water partition coefficient (Wildman–Crippen LogP) is 3.63. The van der Waals surface area contributed by atoms with Crippen LogP contribution in [0.25, 0.3) is 11.1 Å². The average molecular weight is 457 g/mol. The second kappa shape index (κ2) is 11.0. The normalized spacial score (nSPS) is 14.1. The minimum Gasteiger partial charge on any atom is -0.480 e. The molecule has 1 aliphatic rings. The Morgan fingerprint density at radius 3 is 2.19 bits per heavy atom. The van der Waals surface area contributed by atoms with Crippen molar-refractivity contribution in [2.45, 2.75) is 37.8 Å². The summed E-state index contributed by atoms with van der Waals surface area (Å²) in [5.41, 5.74) is 4.55. The van der Waals surface area contributed by atoms with Crippen LogP contribution in [-0.4, -0.2) is 53.8 Å². The fourth-order valence-corrected chi connectivity index (χ4v) is 4.39. The van der Waals surface area contributed by atoms with Crippen molar-refractivity contribution in [3.05, 3.63) is 59.7 Å². The lowest BCUT2D eigenvalue weighted by molar-refractivity contribution is -0.141. The summed E-state index contributed by atoms with van der Waals surface area (Å²) in [6.45, 7) is 1.87. The van der Waals surface area contributed by atoms with Crippen LogP contribution in [0.2, 0.25) is 0 Å². The van der Waals surface area contributed by atoms with Gasteiger partial charge in [-0.3, -0.25) is 4.79 Å². The third kappa shape index (κ3) is 5.82. The second-order valence-corrected chi connectivity index (χ2v) is 8.80. The van der Waals surface area contributed by atoms with Gasteiger partial charge in [0.25, 0.3) is 0 Å². The number of hydrogen-bond acceptors (Lipinski definition) is 5. The van der Waals surface area contributed by atoms with E-state index in [1.165, 1.54) is 11.8 Å². The number of rotatable bonds is 10. The largest absolute Gasteiger partial charge is 0.480 e. The summed E-state index contributed by atoms with van der Waals surface area (Å²) >= 11 is 1.52. The van der Waals surface area contributed by atoms with E-state index >= 15 is 0 Å². The van der Waals surface area contributed by atoms with Crippen molar-refractivity contribution in [1.29, 1.82) is 0 Å². The summed E-state index contributed by atoms with van der Waals surface area (Å²) in [5, 5.41) is 14.4. The van der Waals surface area contributed by atoms with Crippen molar-refractivity contribution in [3.8, 4) is 11.1 Å². The van der Waals surface area contributed by atoms with Crippen molar-refractivity contribution in [2.75, 3.05) is 18.6 Å². The van der Waals surface area contributed by atoms with Gasteiger partial charge in [-0.2, -0.15) is 11.8 Å². The average Bonchev–Trinajstić information content (AvgIpc) is 3.08. The van der Waals surface area contributed by atoms with Crippen LogP contribution in [0, 0.1) is 0 Å². The lowest BCUT2D eigenvalue weighted by Crippen LogP contribution is -2.44. The van der Waals surface area contributed by atoms with Crippen molar-refractivity contribution in [3.63, 3.8) is 0 Å². The van der Waals surface area contributed by atoms with Gasteiger partial charge in [0.1, 0.15) is 12.6 Å². The van der Waals surface area contributed by atoms with Gasteiger partial charge in [0.05, 0.1) is 0 Å². The molecule has 7 nitrogen and oxygen atoms in total. The topological polar surface area (TPSA) is 105 Å². The number of ether oxygens (including phenoxy) is 1. The summed E-state index contributed by atoms with van der Waals surface area (Å²) < 4.78 is 5.49. The molecule has 170 valence electrons. The Kier molecular flexibility index (Phi) is 8.16. The number of carbonyl (C=O) groups is 3. The molecule has 0 spiro atoms. The van der Waals surface area contributed by atoms with Gasteiger partial charge in [-0.1, -0.05) is 48.5 Å². The highest BCUT2D eigenvalue weighted by atomic mass is 32.2. The van der Waals surface area contributed by atoms with Gasteiger partial charge in [0, 0.05) is 18.4 Å². The number of carboxylic acids is 1. The van der Waals surface area contributed by atoms with Crippen LogP contribution in [-0.2, 0) is 14.3 Å². The highest BCUT2D eigenvalue weighted by molar-refractivity contribution is 7.98. The summed E-state index contributed by atoms with van der Waals surface area (Å²) in [7, 11) is 0. The van der Waals surface area contributed by atoms with E-state index in [0.717, 1.165) is 22.3 Å².